The molecule has 4 aromatic rings. The first-order valence-electron chi connectivity index (χ1n) is 8.73. The number of para-hydroxylation sites is 1. The van der Waals surface area contributed by atoms with Crippen LogP contribution >= 0.6 is 22.9 Å². The van der Waals surface area contributed by atoms with E-state index in [1.54, 1.807) is 23.5 Å². The number of halogens is 1. The van der Waals surface area contributed by atoms with E-state index in [2.05, 4.69) is 10.3 Å². The smallest absolute Gasteiger partial charge is 0.262 e. The van der Waals surface area contributed by atoms with E-state index in [4.69, 9.17) is 16.3 Å². The van der Waals surface area contributed by atoms with E-state index in [0.29, 0.717) is 16.5 Å². The summed E-state index contributed by atoms with van der Waals surface area (Å²) in [4.78, 5) is 17.1. The van der Waals surface area contributed by atoms with E-state index in [-0.39, 0.29) is 12.5 Å². The number of nitrogens with one attached hydrogen (secondary N) is 1. The van der Waals surface area contributed by atoms with Crippen molar-refractivity contribution in [3.63, 3.8) is 0 Å². The number of benzene rings is 3. The fourth-order valence-electron chi connectivity index (χ4n) is 2.83. The molecule has 0 unspecified atom stereocenters. The van der Waals surface area contributed by atoms with Crippen LogP contribution in [0, 0.1) is 6.92 Å². The van der Waals surface area contributed by atoms with Gasteiger partial charge in [0, 0.05) is 10.6 Å². The Morgan fingerprint density at radius 1 is 1.11 bits per heavy atom. The number of nitrogens with zero attached hydrogens (tertiary/aromatic N) is 1. The van der Waals surface area contributed by atoms with Crippen LogP contribution in [0.2, 0.25) is 5.02 Å². The van der Waals surface area contributed by atoms with Crippen molar-refractivity contribution in [2.24, 2.45) is 0 Å². The van der Waals surface area contributed by atoms with Gasteiger partial charge in [0.1, 0.15) is 10.8 Å². The van der Waals surface area contributed by atoms with Gasteiger partial charge in [0.05, 0.1) is 15.9 Å². The molecule has 3 aromatic carbocycles. The van der Waals surface area contributed by atoms with E-state index in [0.717, 1.165) is 26.4 Å². The number of thiazole rings is 1. The Morgan fingerprint density at radius 2 is 1.96 bits per heavy atom. The Bertz CT molecular complexity index is 1120. The second kappa shape index (κ2) is 8.00. The molecule has 6 heteroatoms. The van der Waals surface area contributed by atoms with Crippen LogP contribution in [0.5, 0.6) is 5.75 Å². The molecule has 4 rings (SSSR count). The lowest BCUT2D eigenvalue weighted by Gasteiger charge is -2.11. The number of fused-ring (bicyclic) bond motifs is 1. The van der Waals surface area contributed by atoms with Crippen molar-refractivity contribution in [3.05, 3.63) is 77.3 Å². The highest BCUT2D eigenvalue weighted by atomic mass is 35.5. The van der Waals surface area contributed by atoms with Crippen LogP contribution in [0.1, 0.15) is 5.56 Å². The first-order valence-corrected chi connectivity index (χ1v) is 9.93. The van der Waals surface area contributed by atoms with Gasteiger partial charge in [0.25, 0.3) is 5.91 Å². The lowest BCUT2D eigenvalue weighted by atomic mass is 10.2. The first-order chi connectivity index (χ1) is 13.6. The van der Waals surface area contributed by atoms with E-state index >= 15 is 0 Å². The minimum Gasteiger partial charge on any atom is -0.484 e. The highest BCUT2D eigenvalue weighted by Gasteiger charge is 2.14. The van der Waals surface area contributed by atoms with E-state index in [1.165, 1.54) is 0 Å². The number of aromatic nitrogens is 1. The van der Waals surface area contributed by atoms with Crippen LogP contribution < -0.4 is 10.1 Å². The molecule has 0 aliphatic carbocycles. The summed E-state index contributed by atoms with van der Waals surface area (Å²) >= 11 is 7.76. The zero-order valence-electron chi connectivity index (χ0n) is 15.1. The third kappa shape index (κ3) is 4.16. The summed E-state index contributed by atoms with van der Waals surface area (Å²) in [6.45, 7) is 1.90. The van der Waals surface area contributed by atoms with Gasteiger partial charge >= 0.3 is 0 Å². The van der Waals surface area contributed by atoms with Crippen LogP contribution in [0.4, 0.5) is 5.69 Å². The van der Waals surface area contributed by atoms with Crippen molar-refractivity contribution in [1.82, 2.24) is 4.98 Å². The molecule has 0 bridgehead atoms. The molecule has 0 spiro atoms. The minimum absolute atomic E-state index is 0.0780. The third-order valence-corrected chi connectivity index (χ3v) is 5.44. The highest BCUT2D eigenvalue weighted by molar-refractivity contribution is 7.21. The monoisotopic (exact) mass is 408 g/mol. The van der Waals surface area contributed by atoms with Gasteiger partial charge in [0.2, 0.25) is 0 Å². The lowest BCUT2D eigenvalue weighted by molar-refractivity contribution is -0.118. The fourth-order valence-corrected chi connectivity index (χ4v) is 4.00. The van der Waals surface area contributed by atoms with E-state index < -0.39 is 0 Å². The molecule has 1 aromatic heterocycles. The number of anilines is 1. The molecule has 0 radical (unpaired) electrons. The van der Waals surface area contributed by atoms with E-state index in [9.17, 15) is 4.79 Å². The van der Waals surface area contributed by atoms with Crippen LogP contribution in [0.25, 0.3) is 20.8 Å². The van der Waals surface area contributed by atoms with Crippen molar-refractivity contribution < 1.29 is 9.53 Å². The van der Waals surface area contributed by atoms with Gasteiger partial charge < -0.3 is 10.1 Å². The predicted octanol–water partition coefficient (Wildman–Crippen LogP) is 5.94. The number of aryl methyl sites for hydroxylation is 1. The molecule has 4 nitrogen and oxygen atoms in total. The molecule has 0 saturated carbocycles. The van der Waals surface area contributed by atoms with Gasteiger partial charge in [-0.25, -0.2) is 4.98 Å². The van der Waals surface area contributed by atoms with Crippen LogP contribution in [0.15, 0.2) is 66.7 Å². The molecule has 0 atom stereocenters. The molecule has 1 N–H and O–H groups in total. The van der Waals surface area contributed by atoms with Crippen molar-refractivity contribution in [2.75, 3.05) is 11.9 Å². The Hall–Kier alpha value is -2.89. The van der Waals surface area contributed by atoms with Crippen molar-refractivity contribution in [2.45, 2.75) is 6.92 Å². The maximum absolute atomic E-state index is 12.4. The molecular formula is C22H17ClN2O2S. The fraction of sp³-hybridized carbons (Fsp3) is 0.0909. The van der Waals surface area contributed by atoms with Gasteiger partial charge in [0.15, 0.2) is 6.61 Å². The molecule has 140 valence electrons. The van der Waals surface area contributed by atoms with Crippen molar-refractivity contribution in [1.29, 1.82) is 0 Å². The summed E-state index contributed by atoms with van der Waals surface area (Å²) in [7, 11) is 0. The second-order valence-electron chi connectivity index (χ2n) is 6.33. The quantitative estimate of drug-likeness (QED) is 0.444. The summed E-state index contributed by atoms with van der Waals surface area (Å²) in [6.07, 6.45) is 0. The van der Waals surface area contributed by atoms with Crippen molar-refractivity contribution >= 4 is 44.7 Å². The summed E-state index contributed by atoms with van der Waals surface area (Å²) in [5.74, 6) is 0.420. The number of ether oxygens (including phenoxy) is 1. The summed E-state index contributed by atoms with van der Waals surface area (Å²) in [6, 6.07) is 20.9. The average molecular weight is 409 g/mol. The zero-order valence-corrected chi connectivity index (χ0v) is 16.7. The summed E-state index contributed by atoms with van der Waals surface area (Å²) < 4.78 is 6.67. The number of carbonyl (C=O) groups excluding carboxylic acids is 1. The molecule has 0 aliphatic rings. The molecule has 0 saturated heterocycles. The Balaban J connectivity index is 1.55. The zero-order chi connectivity index (χ0) is 19.5. The standard InChI is InChI=1S/C22H17ClN2O2S/c1-14-5-4-6-16(11-14)27-13-21(26)24-18-10-9-15(23)12-17(18)22-25-19-7-2-3-8-20(19)28-22/h2-12H,13H2,1H3,(H,24,26). The molecule has 0 fully saturated rings. The van der Waals surface area contributed by atoms with Crippen LogP contribution in [-0.4, -0.2) is 17.5 Å². The molecule has 28 heavy (non-hydrogen) atoms. The Kier molecular flexibility index (Phi) is 5.28. The third-order valence-electron chi connectivity index (χ3n) is 4.14. The Labute approximate surface area is 171 Å². The Morgan fingerprint density at radius 3 is 2.79 bits per heavy atom. The molecule has 1 amide bonds. The number of amides is 1. The SMILES string of the molecule is Cc1cccc(OCC(=O)Nc2ccc(Cl)cc2-c2nc3ccccc3s2)c1. The first kappa shape index (κ1) is 18.5. The van der Waals surface area contributed by atoms with Crippen LogP contribution in [-0.2, 0) is 4.79 Å². The van der Waals surface area contributed by atoms with Crippen molar-refractivity contribution in [3.8, 4) is 16.3 Å². The average Bonchev–Trinajstić information content (AvgIpc) is 3.12. The topological polar surface area (TPSA) is 51.2 Å². The highest BCUT2D eigenvalue weighted by Crippen LogP contribution is 2.36. The largest absolute Gasteiger partial charge is 0.484 e. The molecular weight excluding hydrogens is 392 g/mol. The summed E-state index contributed by atoms with van der Waals surface area (Å²) in [5.41, 5.74) is 3.44. The normalized spacial score (nSPS) is 10.8. The maximum Gasteiger partial charge on any atom is 0.262 e. The van der Waals surface area contributed by atoms with Gasteiger partial charge in [-0.05, 0) is 55.0 Å². The molecule has 1 heterocycles. The van der Waals surface area contributed by atoms with Gasteiger partial charge in [-0.15, -0.1) is 11.3 Å². The second-order valence-corrected chi connectivity index (χ2v) is 7.80. The molecule has 0 aliphatic heterocycles. The van der Waals surface area contributed by atoms with Gasteiger partial charge in [-0.1, -0.05) is 35.9 Å². The lowest BCUT2D eigenvalue weighted by Crippen LogP contribution is -2.20. The van der Waals surface area contributed by atoms with Crippen LogP contribution in [0.3, 0.4) is 0 Å². The number of carbonyl (C=O) groups is 1. The predicted molar refractivity (Wildman–Crippen MR) is 115 cm³/mol. The van der Waals surface area contributed by atoms with E-state index in [1.807, 2.05) is 61.5 Å². The van der Waals surface area contributed by atoms with Gasteiger partial charge in [-0.2, -0.15) is 0 Å². The van der Waals surface area contributed by atoms with Gasteiger partial charge in [-0.3, -0.25) is 4.79 Å². The number of rotatable bonds is 5. The maximum atomic E-state index is 12.4. The summed E-state index contributed by atoms with van der Waals surface area (Å²) in [5, 5.41) is 4.30. The number of hydrogen-bond donors (Lipinski definition) is 1. The number of hydrogen-bond acceptors (Lipinski definition) is 4. The minimum atomic E-state index is -0.244.